The van der Waals surface area contributed by atoms with Gasteiger partial charge in [-0.05, 0) is 24.6 Å². The van der Waals surface area contributed by atoms with E-state index in [0.29, 0.717) is 6.61 Å². The maximum absolute atomic E-state index is 5.11. The molecule has 4 heteroatoms. The molecule has 0 aliphatic carbocycles. The first-order valence-electron chi connectivity index (χ1n) is 5.60. The minimum Gasteiger partial charge on any atom is -0.380 e. The van der Waals surface area contributed by atoms with Gasteiger partial charge in [0.05, 0.1) is 25.2 Å². The Labute approximate surface area is 101 Å². The van der Waals surface area contributed by atoms with E-state index < -0.39 is 0 Å². The van der Waals surface area contributed by atoms with E-state index in [1.54, 1.807) is 13.4 Å². The fraction of sp³-hybridized carbons (Fsp3) is 0.308. The van der Waals surface area contributed by atoms with Gasteiger partial charge in [0.15, 0.2) is 0 Å². The number of imidazole rings is 1. The van der Waals surface area contributed by atoms with Gasteiger partial charge in [0, 0.05) is 18.5 Å². The number of aryl methyl sites for hydroxylation is 1. The summed E-state index contributed by atoms with van der Waals surface area (Å²) in [6.45, 7) is 3.38. The van der Waals surface area contributed by atoms with Crippen molar-refractivity contribution in [2.24, 2.45) is 0 Å². The molecule has 1 heterocycles. The van der Waals surface area contributed by atoms with E-state index in [4.69, 9.17) is 4.74 Å². The predicted octanol–water partition coefficient (Wildman–Crippen LogP) is 2.48. The van der Waals surface area contributed by atoms with Gasteiger partial charge in [0.25, 0.3) is 0 Å². The van der Waals surface area contributed by atoms with Crippen LogP contribution in [0.3, 0.4) is 0 Å². The summed E-state index contributed by atoms with van der Waals surface area (Å²) >= 11 is 0. The van der Waals surface area contributed by atoms with Gasteiger partial charge in [-0.2, -0.15) is 0 Å². The van der Waals surface area contributed by atoms with Crippen LogP contribution in [0.15, 0.2) is 30.6 Å². The normalized spacial score (nSPS) is 10.5. The van der Waals surface area contributed by atoms with Crippen LogP contribution in [-0.2, 0) is 17.9 Å². The number of hydrogen-bond donors (Lipinski definition) is 2. The van der Waals surface area contributed by atoms with Crippen LogP contribution in [0, 0.1) is 6.92 Å². The first-order valence-corrected chi connectivity index (χ1v) is 5.60. The highest BCUT2D eigenvalue weighted by atomic mass is 16.5. The summed E-state index contributed by atoms with van der Waals surface area (Å²) in [7, 11) is 1.70. The van der Waals surface area contributed by atoms with Crippen LogP contribution >= 0.6 is 0 Å². The maximum Gasteiger partial charge on any atom is 0.0925 e. The average molecular weight is 231 g/mol. The highest BCUT2D eigenvalue weighted by Gasteiger charge is 2.01. The lowest BCUT2D eigenvalue weighted by atomic mass is 10.2. The number of hydrogen-bond acceptors (Lipinski definition) is 3. The number of nitrogens with one attached hydrogen (secondary N) is 2. The lowest BCUT2D eigenvalue weighted by Gasteiger charge is -2.07. The molecule has 2 N–H and O–H groups in total. The Hall–Kier alpha value is -1.81. The van der Waals surface area contributed by atoms with E-state index in [2.05, 4.69) is 27.4 Å². The molecule has 0 bridgehead atoms. The maximum atomic E-state index is 5.11. The third kappa shape index (κ3) is 3.07. The zero-order valence-electron chi connectivity index (χ0n) is 10.2. The number of nitrogens with zero attached hydrogens (tertiary/aromatic N) is 1. The van der Waals surface area contributed by atoms with Crippen molar-refractivity contribution in [2.45, 2.75) is 20.1 Å². The lowest BCUT2D eigenvalue weighted by molar-refractivity contribution is 0.185. The number of ether oxygens (including phenoxy) is 1. The highest BCUT2D eigenvalue weighted by molar-refractivity contribution is 5.45. The Balaban J connectivity index is 1.99. The Morgan fingerprint density at radius 2 is 2.29 bits per heavy atom. The molecular weight excluding hydrogens is 214 g/mol. The standard InChI is InChI=1S/C13H17N3O/c1-10-13(16-9-15-10)7-14-12-5-3-4-11(6-12)8-17-2/h3-6,9,14H,7-8H2,1-2H3,(H,15,16). The molecule has 0 saturated carbocycles. The molecule has 0 atom stereocenters. The minimum absolute atomic E-state index is 0.636. The fourth-order valence-electron chi connectivity index (χ4n) is 1.69. The van der Waals surface area contributed by atoms with E-state index in [9.17, 15) is 0 Å². The van der Waals surface area contributed by atoms with Gasteiger partial charge < -0.3 is 15.0 Å². The van der Waals surface area contributed by atoms with E-state index >= 15 is 0 Å². The van der Waals surface area contributed by atoms with Gasteiger partial charge in [-0.25, -0.2) is 4.98 Å². The average Bonchev–Trinajstić information content (AvgIpc) is 2.73. The first kappa shape index (κ1) is 11.7. The SMILES string of the molecule is COCc1cccc(NCc2nc[nH]c2C)c1. The largest absolute Gasteiger partial charge is 0.380 e. The molecule has 2 aromatic rings. The van der Waals surface area contributed by atoms with Crippen molar-refractivity contribution in [3.05, 3.63) is 47.5 Å². The van der Waals surface area contributed by atoms with Crippen molar-refractivity contribution >= 4 is 5.69 Å². The highest BCUT2D eigenvalue weighted by Crippen LogP contribution is 2.13. The van der Waals surface area contributed by atoms with Crippen LogP contribution in [0.25, 0.3) is 0 Å². The second-order valence-corrected chi connectivity index (χ2v) is 3.96. The molecule has 1 aromatic carbocycles. The van der Waals surface area contributed by atoms with E-state index in [1.807, 2.05) is 19.1 Å². The van der Waals surface area contributed by atoms with Crippen molar-refractivity contribution in [2.75, 3.05) is 12.4 Å². The van der Waals surface area contributed by atoms with Crippen LogP contribution in [0.5, 0.6) is 0 Å². The van der Waals surface area contributed by atoms with Crippen LogP contribution in [0.2, 0.25) is 0 Å². The van der Waals surface area contributed by atoms with Crippen LogP contribution in [0.1, 0.15) is 17.0 Å². The Morgan fingerprint density at radius 3 is 3.00 bits per heavy atom. The van der Waals surface area contributed by atoms with E-state index in [-0.39, 0.29) is 0 Å². The lowest BCUT2D eigenvalue weighted by Crippen LogP contribution is -2.01. The first-order chi connectivity index (χ1) is 8.29. The minimum atomic E-state index is 0.636. The molecule has 90 valence electrons. The third-order valence-electron chi connectivity index (χ3n) is 2.63. The molecular formula is C13H17N3O. The molecule has 0 unspecified atom stereocenters. The number of aromatic amines is 1. The van der Waals surface area contributed by atoms with Crippen molar-refractivity contribution in [3.63, 3.8) is 0 Å². The topological polar surface area (TPSA) is 49.9 Å². The van der Waals surface area contributed by atoms with Gasteiger partial charge in [0.1, 0.15) is 0 Å². The Morgan fingerprint density at radius 1 is 1.41 bits per heavy atom. The smallest absolute Gasteiger partial charge is 0.0925 e. The Bertz CT molecular complexity index is 479. The van der Waals surface area contributed by atoms with Crippen molar-refractivity contribution in [1.82, 2.24) is 9.97 Å². The molecule has 0 radical (unpaired) electrons. The van der Waals surface area contributed by atoms with Crippen LogP contribution in [-0.4, -0.2) is 17.1 Å². The Kier molecular flexibility index (Phi) is 3.77. The third-order valence-corrected chi connectivity index (χ3v) is 2.63. The van der Waals surface area contributed by atoms with Crippen LogP contribution < -0.4 is 5.32 Å². The van der Waals surface area contributed by atoms with Crippen molar-refractivity contribution < 1.29 is 4.74 Å². The summed E-state index contributed by atoms with van der Waals surface area (Å²) in [6.07, 6.45) is 1.72. The monoisotopic (exact) mass is 231 g/mol. The number of methoxy groups -OCH3 is 1. The molecule has 0 aliphatic rings. The van der Waals surface area contributed by atoms with Gasteiger partial charge in [0.2, 0.25) is 0 Å². The number of aromatic nitrogens is 2. The summed E-state index contributed by atoms with van der Waals surface area (Å²) in [5.74, 6) is 0. The van der Waals surface area contributed by atoms with Gasteiger partial charge in [-0.1, -0.05) is 12.1 Å². The second kappa shape index (κ2) is 5.50. The second-order valence-electron chi connectivity index (χ2n) is 3.96. The fourth-order valence-corrected chi connectivity index (χ4v) is 1.69. The van der Waals surface area contributed by atoms with E-state index in [1.165, 1.54) is 0 Å². The number of H-pyrrole nitrogens is 1. The number of rotatable bonds is 5. The van der Waals surface area contributed by atoms with Crippen molar-refractivity contribution in [1.29, 1.82) is 0 Å². The zero-order valence-corrected chi connectivity index (χ0v) is 10.2. The summed E-state index contributed by atoms with van der Waals surface area (Å²) < 4.78 is 5.11. The molecule has 0 saturated heterocycles. The summed E-state index contributed by atoms with van der Waals surface area (Å²) in [6, 6.07) is 8.20. The number of benzene rings is 1. The summed E-state index contributed by atoms with van der Waals surface area (Å²) in [4.78, 5) is 7.31. The number of anilines is 1. The molecule has 0 amide bonds. The predicted molar refractivity (Wildman–Crippen MR) is 67.8 cm³/mol. The van der Waals surface area contributed by atoms with Gasteiger partial charge >= 0.3 is 0 Å². The summed E-state index contributed by atoms with van der Waals surface area (Å²) in [5, 5.41) is 3.35. The molecule has 0 fully saturated rings. The van der Waals surface area contributed by atoms with Gasteiger partial charge in [-0.3, -0.25) is 0 Å². The molecule has 17 heavy (non-hydrogen) atoms. The quantitative estimate of drug-likeness (QED) is 0.831. The summed E-state index contributed by atoms with van der Waals surface area (Å²) in [5.41, 5.74) is 4.39. The van der Waals surface area contributed by atoms with Crippen LogP contribution in [0.4, 0.5) is 5.69 Å². The zero-order chi connectivity index (χ0) is 12.1. The van der Waals surface area contributed by atoms with E-state index in [0.717, 1.165) is 29.2 Å². The molecule has 1 aromatic heterocycles. The molecule has 2 rings (SSSR count). The molecule has 4 nitrogen and oxygen atoms in total. The van der Waals surface area contributed by atoms with Gasteiger partial charge in [-0.15, -0.1) is 0 Å². The molecule has 0 aliphatic heterocycles. The van der Waals surface area contributed by atoms with Crippen molar-refractivity contribution in [3.8, 4) is 0 Å². The molecule has 0 spiro atoms.